The Morgan fingerprint density at radius 2 is 2.00 bits per heavy atom. The van der Waals surface area contributed by atoms with Crippen LogP contribution in [0.2, 0.25) is 10.2 Å². The van der Waals surface area contributed by atoms with E-state index in [9.17, 15) is 9.18 Å². The molecular weight excluding hydrogens is 352 g/mol. The monoisotopic (exact) mass is 367 g/mol. The Hall–Kier alpha value is -1.65. The molecule has 0 unspecified atom stereocenters. The summed E-state index contributed by atoms with van der Waals surface area (Å²) >= 11 is 12.0. The SMILES string of the molecule is COC(=O)C1(c2cc(Cl)nc(-c3ccc(F)c(Cl)c3)c2)CC(C)C1. The van der Waals surface area contributed by atoms with Crippen molar-refractivity contribution < 1.29 is 13.9 Å². The Balaban J connectivity index is 2.09. The molecule has 1 aliphatic carbocycles. The van der Waals surface area contributed by atoms with Gasteiger partial charge in [0, 0.05) is 5.56 Å². The predicted octanol–water partition coefficient (Wildman–Crippen LogP) is 5.04. The number of rotatable bonds is 3. The number of hydrogen-bond donors (Lipinski definition) is 0. The maximum Gasteiger partial charge on any atom is 0.316 e. The second-order valence-corrected chi connectivity index (χ2v) is 7.07. The van der Waals surface area contributed by atoms with E-state index in [-0.39, 0.29) is 16.1 Å². The van der Waals surface area contributed by atoms with Crippen molar-refractivity contribution in [2.75, 3.05) is 7.11 Å². The van der Waals surface area contributed by atoms with Crippen molar-refractivity contribution in [1.82, 2.24) is 4.98 Å². The summed E-state index contributed by atoms with van der Waals surface area (Å²) < 4.78 is 18.4. The van der Waals surface area contributed by atoms with Gasteiger partial charge in [-0.1, -0.05) is 30.1 Å². The van der Waals surface area contributed by atoms with E-state index >= 15 is 0 Å². The first kappa shape index (κ1) is 17.2. The van der Waals surface area contributed by atoms with E-state index in [0.29, 0.717) is 30.0 Å². The van der Waals surface area contributed by atoms with Crippen LogP contribution in [0.1, 0.15) is 25.3 Å². The van der Waals surface area contributed by atoms with Gasteiger partial charge in [0.15, 0.2) is 0 Å². The van der Waals surface area contributed by atoms with Crippen LogP contribution in [0.25, 0.3) is 11.3 Å². The van der Waals surface area contributed by atoms with Crippen LogP contribution in [0.5, 0.6) is 0 Å². The number of benzene rings is 1. The molecular formula is C18H16Cl2FNO2. The first-order chi connectivity index (χ1) is 11.4. The molecule has 1 aromatic heterocycles. The third-order valence-electron chi connectivity index (χ3n) is 4.53. The van der Waals surface area contributed by atoms with Crippen LogP contribution in [0.4, 0.5) is 4.39 Å². The van der Waals surface area contributed by atoms with Crippen molar-refractivity contribution >= 4 is 29.2 Å². The van der Waals surface area contributed by atoms with Crippen LogP contribution in [0, 0.1) is 11.7 Å². The van der Waals surface area contributed by atoms with Crippen LogP contribution in [-0.4, -0.2) is 18.1 Å². The minimum atomic E-state index is -0.695. The number of aromatic nitrogens is 1. The summed E-state index contributed by atoms with van der Waals surface area (Å²) in [4.78, 5) is 16.6. The minimum Gasteiger partial charge on any atom is -0.468 e. The molecule has 0 radical (unpaired) electrons. The lowest BCUT2D eigenvalue weighted by Crippen LogP contribution is -2.47. The van der Waals surface area contributed by atoms with Crippen molar-refractivity contribution in [2.45, 2.75) is 25.2 Å². The van der Waals surface area contributed by atoms with Gasteiger partial charge < -0.3 is 4.74 Å². The van der Waals surface area contributed by atoms with E-state index in [2.05, 4.69) is 11.9 Å². The Morgan fingerprint density at radius 3 is 2.58 bits per heavy atom. The highest BCUT2D eigenvalue weighted by Crippen LogP contribution is 2.49. The van der Waals surface area contributed by atoms with Crippen molar-refractivity contribution in [3.63, 3.8) is 0 Å². The molecule has 3 nitrogen and oxygen atoms in total. The summed E-state index contributed by atoms with van der Waals surface area (Å²) in [6.07, 6.45) is 1.40. The third kappa shape index (κ3) is 2.89. The number of carbonyl (C=O) groups is 1. The molecule has 0 N–H and O–H groups in total. The van der Waals surface area contributed by atoms with Crippen molar-refractivity contribution in [2.24, 2.45) is 5.92 Å². The first-order valence-electron chi connectivity index (χ1n) is 7.57. The quantitative estimate of drug-likeness (QED) is 0.563. The lowest BCUT2D eigenvalue weighted by Gasteiger charge is -2.44. The highest BCUT2D eigenvalue weighted by molar-refractivity contribution is 6.31. The zero-order chi connectivity index (χ0) is 17.5. The Morgan fingerprint density at radius 1 is 1.29 bits per heavy atom. The fourth-order valence-corrected chi connectivity index (χ4v) is 3.81. The maximum absolute atomic E-state index is 13.4. The number of methoxy groups -OCH3 is 1. The number of carbonyl (C=O) groups excluding carboxylic acids is 1. The number of ether oxygens (including phenoxy) is 1. The lowest BCUT2D eigenvalue weighted by atomic mass is 9.59. The van der Waals surface area contributed by atoms with E-state index in [4.69, 9.17) is 27.9 Å². The third-order valence-corrected chi connectivity index (χ3v) is 5.02. The Bertz CT molecular complexity index is 804. The highest BCUT2D eigenvalue weighted by atomic mass is 35.5. The van der Waals surface area contributed by atoms with Gasteiger partial charge in [0.25, 0.3) is 0 Å². The number of pyridine rings is 1. The zero-order valence-electron chi connectivity index (χ0n) is 13.3. The molecule has 0 atom stereocenters. The highest BCUT2D eigenvalue weighted by Gasteiger charge is 2.51. The molecule has 24 heavy (non-hydrogen) atoms. The molecule has 1 aromatic carbocycles. The molecule has 1 saturated carbocycles. The molecule has 0 aliphatic heterocycles. The smallest absolute Gasteiger partial charge is 0.316 e. The van der Waals surface area contributed by atoms with E-state index in [1.165, 1.54) is 19.2 Å². The second kappa shape index (κ2) is 6.34. The molecule has 126 valence electrons. The van der Waals surface area contributed by atoms with Crippen LogP contribution < -0.4 is 0 Å². The summed E-state index contributed by atoms with van der Waals surface area (Å²) in [5, 5.41) is 0.279. The average molecular weight is 368 g/mol. The molecule has 0 spiro atoms. The van der Waals surface area contributed by atoms with Crippen LogP contribution >= 0.6 is 23.2 Å². The van der Waals surface area contributed by atoms with Gasteiger partial charge in [-0.05, 0) is 54.7 Å². The number of esters is 1. The van der Waals surface area contributed by atoms with Crippen LogP contribution in [-0.2, 0) is 14.9 Å². The van der Waals surface area contributed by atoms with Crippen LogP contribution in [0.3, 0.4) is 0 Å². The Kier molecular flexibility index (Phi) is 4.54. The average Bonchev–Trinajstić information content (AvgIpc) is 2.52. The van der Waals surface area contributed by atoms with E-state index in [0.717, 1.165) is 5.56 Å². The number of nitrogens with zero attached hydrogens (tertiary/aromatic N) is 1. The summed E-state index contributed by atoms with van der Waals surface area (Å²) in [6.45, 7) is 2.09. The predicted molar refractivity (Wildman–Crippen MR) is 91.7 cm³/mol. The van der Waals surface area contributed by atoms with Gasteiger partial charge in [-0.3, -0.25) is 4.79 Å². The van der Waals surface area contributed by atoms with Gasteiger partial charge in [0.2, 0.25) is 0 Å². The topological polar surface area (TPSA) is 39.2 Å². The van der Waals surface area contributed by atoms with Crippen molar-refractivity contribution in [3.8, 4) is 11.3 Å². The molecule has 6 heteroatoms. The summed E-state index contributed by atoms with van der Waals surface area (Å²) in [5.41, 5.74) is 1.25. The normalized spacial score (nSPS) is 22.8. The van der Waals surface area contributed by atoms with E-state index < -0.39 is 11.2 Å². The van der Waals surface area contributed by atoms with Crippen LogP contribution in [0.15, 0.2) is 30.3 Å². The van der Waals surface area contributed by atoms with Gasteiger partial charge >= 0.3 is 5.97 Å². The minimum absolute atomic E-state index is 0.00998. The molecule has 0 amide bonds. The molecule has 3 rings (SSSR count). The molecule has 1 heterocycles. The van der Waals surface area contributed by atoms with Crippen molar-refractivity contribution in [3.05, 3.63) is 51.9 Å². The summed E-state index contributed by atoms with van der Waals surface area (Å²) in [7, 11) is 1.39. The first-order valence-corrected chi connectivity index (χ1v) is 8.33. The van der Waals surface area contributed by atoms with Gasteiger partial charge in [-0.15, -0.1) is 0 Å². The number of halogens is 3. The van der Waals surface area contributed by atoms with E-state index in [1.54, 1.807) is 18.2 Å². The van der Waals surface area contributed by atoms with Gasteiger partial charge in [0.1, 0.15) is 11.0 Å². The summed E-state index contributed by atoms with van der Waals surface area (Å²) in [6, 6.07) is 7.85. The van der Waals surface area contributed by atoms with Crippen molar-refractivity contribution in [1.29, 1.82) is 0 Å². The number of hydrogen-bond acceptors (Lipinski definition) is 3. The van der Waals surface area contributed by atoms with Gasteiger partial charge in [-0.2, -0.15) is 0 Å². The standard InChI is InChI=1S/C18H16Cl2FNO2/c1-10-8-18(9-10,17(23)24-2)12-6-15(22-16(20)7-12)11-3-4-14(21)13(19)5-11/h3-7,10H,8-9H2,1-2H3. The molecule has 1 aliphatic rings. The fourth-order valence-electron chi connectivity index (χ4n) is 3.42. The van der Waals surface area contributed by atoms with Gasteiger partial charge in [0.05, 0.1) is 23.2 Å². The van der Waals surface area contributed by atoms with E-state index in [1.807, 2.05) is 0 Å². The largest absolute Gasteiger partial charge is 0.468 e. The molecule has 0 bridgehead atoms. The zero-order valence-corrected chi connectivity index (χ0v) is 14.8. The Labute approximate surface area is 149 Å². The molecule has 2 aromatic rings. The second-order valence-electron chi connectivity index (χ2n) is 6.28. The van der Waals surface area contributed by atoms with Gasteiger partial charge in [-0.25, -0.2) is 9.37 Å². The fraction of sp³-hybridized carbons (Fsp3) is 0.333. The maximum atomic E-state index is 13.4. The molecule has 0 saturated heterocycles. The lowest BCUT2D eigenvalue weighted by molar-refractivity contribution is -0.153. The summed E-state index contributed by atoms with van der Waals surface area (Å²) in [5.74, 6) is -0.341. The molecule has 1 fully saturated rings.